The first-order valence-corrected chi connectivity index (χ1v) is 11.5. The van der Waals surface area contributed by atoms with E-state index in [1.54, 1.807) is 6.07 Å². The number of anilines is 1. The van der Waals surface area contributed by atoms with E-state index in [0.717, 1.165) is 24.3 Å². The van der Waals surface area contributed by atoms with Crippen molar-refractivity contribution in [3.63, 3.8) is 0 Å². The van der Waals surface area contributed by atoms with Crippen LogP contribution in [0.4, 0.5) is 45.2 Å². The molecule has 0 spiro atoms. The van der Waals surface area contributed by atoms with E-state index in [9.17, 15) is 44.6 Å². The summed E-state index contributed by atoms with van der Waals surface area (Å²) in [7, 11) is 0. The molecule has 3 aromatic rings. The van der Waals surface area contributed by atoms with Gasteiger partial charge in [-0.2, -0.15) is 13.2 Å². The summed E-state index contributed by atoms with van der Waals surface area (Å²) in [5.74, 6) is -1.05. The van der Waals surface area contributed by atoms with Gasteiger partial charge in [-0.05, 0) is 65.4 Å². The van der Waals surface area contributed by atoms with E-state index in [1.807, 2.05) is 0 Å². The number of β-amino-alcohol motifs (C(OH)–C–C–N with tert-alkyl or cyclic N) is 1. The zero-order valence-corrected chi connectivity index (χ0v) is 19.7. The monoisotopic (exact) mass is 565 g/mol. The number of nitrogens with zero attached hydrogens (tertiary/aromatic N) is 1. The van der Waals surface area contributed by atoms with Crippen molar-refractivity contribution < 1.29 is 54.1 Å². The van der Waals surface area contributed by atoms with Gasteiger partial charge in [0.2, 0.25) is 0 Å². The second-order valence-corrected chi connectivity index (χ2v) is 8.76. The number of aliphatic hydroxyl groups is 1. The molecule has 0 aromatic heterocycles. The van der Waals surface area contributed by atoms with Crippen LogP contribution in [-0.2, 0) is 6.42 Å². The number of alkyl halides is 9. The minimum absolute atomic E-state index is 0.128. The van der Waals surface area contributed by atoms with Crippen molar-refractivity contribution in [1.29, 1.82) is 0 Å². The molecule has 1 N–H and O–H groups in total. The van der Waals surface area contributed by atoms with Crippen LogP contribution in [0, 0.1) is 0 Å². The summed E-state index contributed by atoms with van der Waals surface area (Å²) < 4.78 is 124. The lowest BCUT2D eigenvalue weighted by Crippen LogP contribution is -2.44. The fraction of sp³-hybridized carbons (Fsp3) is 0.308. The van der Waals surface area contributed by atoms with Gasteiger partial charge >= 0.3 is 18.9 Å². The average molecular weight is 565 g/mol. The molecule has 0 radical (unpaired) electrons. The van der Waals surface area contributed by atoms with E-state index in [2.05, 4.69) is 9.47 Å². The van der Waals surface area contributed by atoms with E-state index in [1.165, 1.54) is 41.3 Å². The molecule has 210 valence electrons. The minimum atomic E-state index is -4.98. The Labute approximate surface area is 216 Å². The Kier molecular flexibility index (Phi) is 7.66. The van der Waals surface area contributed by atoms with E-state index >= 15 is 0 Å². The van der Waals surface area contributed by atoms with Crippen LogP contribution in [0.2, 0.25) is 0 Å². The standard InChI is InChI=1S/C26H20F9NO3/c27-24(28,29)23(37)14-36-21(16-5-2-7-18(13-16)39-26(33,34)35)11-10-20-19(8-3-9-22(20)36)15-4-1-6-17(12-15)38-25(30,31)32/h1-9,12-13,21,23,37H,10-11,14H2/t21-,23-/m0/s1. The molecular formula is C26H20F9NO3. The third-order valence-electron chi connectivity index (χ3n) is 6.11. The van der Waals surface area contributed by atoms with Crippen molar-refractivity contribution in [3.05, 3.63) is 77.9 Å². The minimum Gasteiger partial charge on any atom is -0.406 e. The van der Waals surface area contributed by atoms with Gasteiger partial charge in [-0.1, -0.05) is 36.4 Å². The Morgan fingerprint density at radius 1 is 0.795 bits per heavy atom. The second kappa shape index (κ2) is 10.5. The Morgan fingerprint density at radius 2 is 1.38 bits per heavy atom. The maximum absolute atomic E-state index is 13.4. The molecule has 2 atom stereocenters. The first-order chi connectivity index (χ1) is 18.1. The fourth-order valence-corrected chi connectivity index (χ4v) is 4.62. The van der Waals surface area contributed by atoms with Crippen LogP contribution in [0.5, 0.6) is 11.5 Å². The van der Waals surface area contributed by atoms with Gasteiger partial charge in [0.1, 0.15) is 11.5 Å². The molecule has 0 fully saturated rings. The third kappa shape index (κ3) is 7.08. The molecule has 4 nitrogen and oxygen atoms in total. The van der Waals surface area contributed by atoms with Gasteiger partial charge in [0.25, 0.3) is 0 Å². The summed E-state index contributed by atoms with van der Waals surface area (Å²) in [5.41, 5.74) is 1.71. The van der Waals surface area contributed by atoms with Gasteiger partial charge in [-0.15, -0.1) is 26.3 Å². The number of rotatable bonds is 6. The Balaban J connectivity index is 1.77. The summed E-state index contributed by atoms with van der Waals surface area (Å²) in [6.45, 7) is -0.938. The number of benzene rings is 3. The van der Waals surface area contributed by atoms with Crippen LogP contribution in [-0.4, -0.2) is 36.7 Å². The number of halogens is 9. The van der Waals surface area contributed by atoms with Crippen molar-refractivity contribution in [1.82, 2.24) is 0 Å². The lowest BCUT2D eigenvalue weighted by molar-refractivity contribution is -0.275. The smallest absolute Gasteiger partial charge is 0.406 e. The maximum Gasteiger partial charge on any atom is 0.573 e. The molecule has 0 aliphatic carbocycles. The first-order valence-electron chi connectivity index (χ1n) is 11.5. The lowest BCUT2D eigenvalue weighted by Gasteiger charge is -2.41. The molecule has 0 amide bonds. The Hall–Kier alpha value is -3.61. The van der Waals surface area contributed by atoms with Gasteiger partial charge < -0.3 is 19.5 Å². The number of ether oxygens (including phenoxy) is 2. The molecule has 13 heteroatoms. The van der Waals surface area contributed by atoms with E-state index < -0.39 is 49.1 Å². The van der Waals surface area contributed by atoms with E-state index in [-0.39, 0.29) is 24.1 Å². The molecule has 0 saturated carbocycles. The van der Waals surface area contributed by atoms with Gasteiger partial charge in [0.15, 0.2) is 6.10 Å². The van der Waals surface area contributed by atoms with Gasteiger partial charge in [0, 0.05) is 5.69 Å². The quantitative estimate of drug-likeness (QED) is 0.313. The molecule has 0 saturated heterocycles. The zero-order chi connectivity index (χ0) is 28.6. The highest BCUT2D eigenvalue weighted by Crippen LogP contribution is 2.44. The Morgan fingerprint density at radius 3 is 2.00 bits per heavy atom. The predicted molar refractivity (Wildman–Crippen MR) is 122 cm³/mol. The molecule has 3 aromatic carbocycles. The van der Waals surface area contributed by atoms with Crippen LogP contribution >= 0.6 is 0 Å². The normalized spacial score (nSPS) is 17.0. The highest BCUT2D eigenvalue weighted by atomic mass is 19.4. The molecule has 4 rings (SSSR count). The first kappa shape index (κ1) is 28.4. The molecule has 1 aliphatic rings. The van der Waals surface area contributed by atoms with Crippen molar-refractivity contribution >= 4 is 5.69 Å². The SMILES string of the molecule is O[C@@H](CN1c2cccc(-c3cccc(OC(F)(F)F)c3)c2CC[C@H]1c1cccc(OC(F)(F)F)c1)C(F)(F)F. The van der Waals surface area contributed by atoms with Crippen molar-refractivity contribution in [2.45, 2.75) is 43.9 Å². The molecule has 1 heterocycles. The summed E-state index contributed by atoms with van der Waals surface area (Å²) in [6, 6.07) is 13.6. The molecular weight excluding hydrogens is 545 g/mol. The highest BCUT2D eigenvalue weighted by molar-refractivity contribution is 5.76. The van der Waals surface area contributed by atoms with Crippen LogP contribution in [0.25, 0.3) is 11.1 Å². The molecule has 0 unspecified atom stereocenters. The molecule has 0 bridgehead atoms. The van der Waals surface area contributed by atoms with Gasteiger partial charge in [-0.3, -0.25) is 0 Å². The summed E-state index contributed by atoms with van der Waals surface area (Å²) in [4.78, 5) is 1.24. The summed E-state index contributed by atoms with van der Waals surface area (Å²) in [5, 5.41) is 9.90. The molecule has 39 heavy (non-hydrogen) atoms. The van der Waals surface area contributed by atoms with Crippen molar-refractivity contribution in [2.75, 3.05) is 11.4 Å². The van der Waals surface area contributed by atoms with Crippen LogP contribution in [0.15, 0.2) is 66.7 Å². The largest absolute Gasteiger partial charge is 0.573 e. The van der Waals surface area contributed by atoms with E-state index in [4.69, 9.17) is 0 Å². The van der Waals surface area contributed by atoms with E-state index in [0.29, 0.717) is 16.7 Å². The van der Waals surface area contributed by atoms with Gasteiger partial charge in [-0.25, -0.2) is 0 Å². The highest BCUT2D eigenvalue weighted by Gasteiger charge is 2.42. The maximum atomic E-state index is 13.4. The summed E-state index contributed by atoms with van der Waals surface area (Å²) >= 11 is 0. The van der Waals surface area contributed by atoms with Crippen molar-refractivity contribution in [2.24, 2.45) is 0 Å². The second-order valence-electron chi connectivity index (χ2n) is 8.76. The number of hydrogen-bond acceptors (Lipinski definition) is 4. The van der Waals surface area contributed by atoms with Crippen LogP contribution in [0.3, 0.4) is 0 Å². The number of hydrogen-bond donors (Lipinski definition) is 1. The van der Waals surface area contributed by atoms with Gasteiger partial charge in [0.05, 0.1) is 12.6 Å². The van der Waals surface area contributed by atoms with Crippen LogP contribution < -0.4 is 14.4 Å². The molecule has 1 aliphatic heterocycles. The fourth-order valence-electron chi connectivity index (χ4n) is 4.62. The topological polar surface area (TPSA) is 41.9 Å². The third-order valence-corrected chi connectivity index (χ3v) is 6.11. The lowest BCUT2D eigenvalue weighted by atomic mass is 9.86. The Bertz CT molecular complexity index is 1300. The zero-order valence-electron chi connectivity index (χ0n) is 19.7. The number of aliphatic hydroxyl groups excluding tert-OH is 1. The predicted octanol–water partition coefficient (Wildman–Crippen LogP) is 7.57. The average Bonchev–Trinajstić information content (AvgIpc) is 2.81. The number of fused-ring (bicyclic) bond motifs is 1. The summed E-state index contributed by atoms with van der Waals surface area (Å²) in [6.07, 6.45) is -17.3. The van der Waals surface area contributed by atoms with Crippen LogP contribution in [0.1, 0.15) is 23.6 Å². The van der Waals surface area contributed by atoms with Crippen molar-refractivity contribution in [3.8, 4) is 22.6 Å².